The van der Waals surface area contributed by atoms with Crippen LogP contribution in [0.1, 0.15) is 56.8 Å². The van der Waals surface area contributed by atoms with Gasteiger partial charge in [0.2, 0.25) is 0 Å². The van der Waals surface area contributed by atoms with E-state index < -0.39 is 29.5 Å². The normalized spacial score (nSPS) is 12.2. The number of hydrogen-bond donors (Lipinski definition) is 2. The third-order valence-electron chi connectivity index (χ3n) is 4.59. The molecule has 2 N–H and O–H groups in total. The number of alkyl carbamates (subject to hydrolysis) is 1. The Labute approximate surface area is 196 Å². The highest BCUT2D eigenvalue weighted by atomic mass is 79.9. The molecule has 0 aliphatic heterocycles. The first kappa shape index (κ1) is 25.6. The van der Waals surface area contributed by atoms with Crippen molar-refractivity contribution < 1.29 is 28.6 Å². The molecule has 0 heterocycles. The molecule has 0 bridgehead atoms. The molecule has 8 heteroatoms. The zero-order valence-corrected chi connectivity index (χ0v) is 20.7. The van der Waals surface area contributed by atoms with Gasteiger partial charge in [-0.3, -0.25) is 4.79 Å². The highest BCUT2D eigenvalue weighted by Gasteiger charge is 2.27. The molecule has 0 spiro atoms. The van der Waals surface area contributed by atoms with Crippen molar-refractivity contribution in [1.82, 2.24) is 5.32 Å². The largest absolute Gasteiger partial charge is 0.507 e. The molecule has 0 aliphatic carbocycles. The number of benzene rings is 2. The number of esters is 1. The summed E-state index contributed by atoms with van der Waals surface area (Å²) in [4.78, 5) is 24.6. The summed E-state index contributed by atoms with van der Waals surface area (Å²) in [6.45, 7) is 10.4. The number of aryl methyl sites for hydroxylation is 2. The van der Waals surface area contributed by atoms with Crippen LogP contribution in [-0.2, 0) is 14.3 Å². The number of nitrogens with one attached hydrogen (secondary N) is 1. The van der Waals surface area contributed by atoms with E-state index in [0.29, 0.717) is 21.2 Å². The van der Waals surface area contributed by atoms with Crippen molar-refractivity contribution in [3.8, 4) is 16.9 Å². The predicted molar refractivity (Wildman–Crippen MR) is 124 cm³/mol. The molecule has 2 rings (SSSR count). The van der Waals surface area contributed by atoms with Crippen molar-refractivity contribution in [3.05, 3.63) is 51.2 Å². The lowest BCUT2D eigenvalue weighted by atomic mass is 9.92. The first-order valence-electron chi connectivity index (χ1n) is 10.3. The van der Waals surface area contributed by atoms with E-state index in [9.17, 15) is 14.7 Å². The van der Waals surface area contributed by atoms with E-state index in [1.165, 1.54) is 6.07 Å². The van der Waals surface area contributed by atoms with E-state index >= 15 is 4.39 Å². The molecule has 0 aromatic heterocycles. The predicted octanol–water partition coefficient (Wildman–Crippen LogP) is 6.10. The summed E-state index contributed by atoms with van der Waals surface area (Å²) in [6.07, 6.45) is -1.06. The lowest BCUT2D eigenvalue weighted by molar-refractivity contribution is -0.143. The van der Waals surface area contributed by atoms with Crippen molar-refractivity contribution in [2.75, 3.05) is 6.61 Å². The maximum atomic E-state index is 15.2. The number of phenols is 1. The summed E-state index contributed by atoms with van der Waals surface area (Å²) in [5.74, 6) is -1.12. The molecule has 0 saturated carbocycles. The van der Waals surface area contributed by atoms with E-state index in [4.69, 9.17) is 9.47 Å². The van der Waals surface area contributed by atoms with Gasteiger partial charge in [0.1, 0.15) is 17.2 Å². The van der Waals surface area contributed by atoms with E-state index in [-0.39, 0.29) is 24.3 Å². The van der Waals surface area contributed by atoms with Crippen LogP contribution in [0.4, 0.5) is 9.18 Å². The minimum atomic E-state index is -1.03. The molecule has 6 nitrogen and oxygen atoms in total. The summed E-state index contributed by atoms with van der Waals surface area (Å²) < 4.78 is 26.2. The van der Waals surface area contributed by atoms with Crippen LogP contribution >= 0.6 is 15.9 Å². The zero-order chi connectivity index (χ0) is 24.2. The molecule has 32 heavy (non-hydrogen) atoms. The van der Waals surface area contributed by atoms with Crippen LogP contribution < -0.4 is 5.32 Å². The summed E-state index contributed by atoms with van der Waals surface area (Å²) in [6, 6.07) is 5.50. The number of amides is 1. The van der Waals surface area contributed by atoms with Gasteiger partial charge < -0.3 is 19.9 Å². The van der Waals surface area contributed by atoms with Crippen LogP contribution in [0.5, 0.6) is 5.75 Å². The minimum absolute atomic E-state index is 0.0240. The Morgan fingerprint density at radius 1 is 1.16 bits per heavy atom. The van der Waals surface area contributed by atoms with Crippen molar-refractivity contribution in [2.45, 2.75) is 59.6 Å². The number of halogens is 2. The van der Waals surface area contributed by atoms with E-state index in [1.807, 2.05) is 13.0 Å². The van der Waals surface area contributed by atoms with Crippen LogP contribution in [0.15, 0.2) is 28.7 Å². The Balaban J connectivity index is 2.57. The molecule has 0 aliphatic rings. The average molecular weight is 510 g/mol. The van der Waals surface area contributed by atoms with Gasteiger partial charge in [-0.05, 0) is 82.5 Å². The molecule has 0 unspecified atom stereocenters. The molecule has 1 amide bonds. The molecule has 0 radical (unpaired) electrons. The van der Waals surface area contributed by atoms with Gasteiger partial charge in [-0.2, -0.15) is 0 Å². The summed E-state index contributed by atoms with van der Waals surface area (Å²) in [5.41, 5.74) is 1.50. The Kier molecular flexibility index (Phi) is 8.29. The quantitative estimate of drug-likeness (QED) is 0.459. The number of hydrogen-bond acceptors (Lipinski definition) is 5. The van der Waals surface area contributed by atoms with Crippen molar-refractivity contribution in [3.63, 3.8) is 0 Å². The van der Waals surface area contributed by atoms with Crippen molar-refractivity contribution in [1.29, 1.82) is 0 Å². The second-order valence-corrected chi connectivity index (χ2v) is 9.44. The first-order chi connectivity index (χ1) is 14.8. The van der Waals surface area contributed by atoms with E-state index in [0.717, 1.165) is 5.56 Å². The van der Waals surface area contributed by atoms with Gasteiger partial charge in [-0.1, -0.05) is 15.9 Å². The first-order valence-corrected chi connectivity index (χ1v) is 11.1. The second-order valence-electron chi connectivity index (χ2n) is 8.52. The fraction of sp³-hybridized carbons (Fsp3) is 0.417. The monoisotopic (exact) mass is 509 g/mol. The summed E-state index contributed by atoms with van der Waals surface area (Å²) in [7, 11) is 0. The van der Waals surface area contributed by atoms with Gasteiger partial charge in [-0.15, -0.1) is 0 Å². The Morgan fingerprint density at radius 2 is 1.81 bits per heavy atom. The van der Waals surface area contributed by atoms with Crippen LogP contribution in [0.25, 0.3) is 11.1 Å². The Morgan fingerprint density at radius 3 is 2.38 bits per heavy atom. The topological polar surface area (TPSA) is 84.9 Å². The zero-order valence-electron chi connectivity index (χ0n) is 19.1. The van der Waals surface area contributed by atoms with Gasteiger partial charge in [0.15, 0.2) is 0 Å². The summed E-state index contributed by atoms with van der Waals surface area (Å²) in [5, 5.41) is 13.1. The van der Waals surface area contributed by atoms with Crippen LogP contribution in [0.3, 0.4) is 0 Å². The molecule has 0 fully saturated rings. The SMILES string of the molecule is CCOC(=O)C[C@H](NC(=O)OC(C)(C)C)c1cc(-c2c(C)cc(Br)cc2O)cc(C)c1F. The van der Waals surface area contributed by atoms with Gasteiger partial charge in [-0.25, -0.2) is 9.18 Å². The number of rotatable bonds is 6. The lowest BCUT2D eigenvalue weighted by Gasteiger charge is -2.25. The molecule has 1 atom stereocenters. The minimum Gasteiger partial charge on any atom is -0.507 e. The van der Waals surface area contributed by atoms with Crippen LogP contribution in [0.2, 0.25) is 0 Å². The fourth-order valence-corrected chi connectivity index (χ4v) is 3.93. The van der Waals surface area contributed by atoms with E-state index in [2.05, 4.69) is 21.2 Å². The third kappa shape index (κ3) is 6.69. The van der Waals surface area contributed by atoms with Gasteiger partial charge in [0, 0.05) is 15.6 Å². The molecule has 0 saturated heterocycles. The molecule has 2 aromatic carbocycles. The standard InChI is InChI=1S/C24H29BrFNO5/c1-7-31-20(29)12-18(27-23(30)32-24(4,5)6)17-10-15(8-14(3)22(17)26)21-13(2)9-16(25)11-19(21)28/h8-11,18,28H,7,12H2,1-6H3,(H,27,30)/t18-/m0/s1. The van der Waals surface area contributed by atoms with Gasteiger partial charge in [0.05, 0.1) is 19.1 Å². The number of aromatic hydroxyl groups is 1. The van der Waals surface area contributed by atoms with Gasteiger partial charge >= 0.3 is 12.1 Å². The van der Waals surface area contributed by atoms with E-state index in [1.54, 1.807) is 46.8 Å². The maximum absolute atomic E-state index is 15.2. The van der Waals surface area contributed by atoms with Crippen molar-refractivity contribution >= 4 is 28.0 Å². The average Bonchev–Trinajstić information content (AvgIpc) is 2.61. The van der Waals surface area contributed by atoms with Crippen molar-refractivity contribution in [2.24, 2.45) is 0 Å². The smallest absolute Gasteiger partial charge is 0.408 e. The Bertz CT molecular complexity index is 993. The maximum Gasteiger partial charge on any atom is 0.408 e. The second kappa shape index (κ2) is 10.3. The molecular weight excluding hydrogens is 481 g/mol. The molecular formula is C24H29BrFNO5. The van der Waals surface area contributed by atoms with Crippen LogP contribution in [0, 0.1) is 19.7 Å². The highest BCUT2D eigenvalue weighted by Crippen LogP contribution is 2.38. The molecule has 174 valence electrons. The fourth-order valence-electron chi connectivity index (χ4n) is 3.37. The number of phenolic OH excluding ortho intramolecular Hbond substituents is 1. The third-order valence-corrected chi connectivity index (χ3v) is 5.05. The van der Waals surface area contributed by atoms with Gasteiger partial charge in [0.25, 0.3) is 0 Å². The number of carbonyl (C=O) groups is 2. The highest BCUT2D eigenvalue weighted by molar-refractivity contribution is 9.10. The molecule has 2 aromatic rings. The Hall–Kier alpha value is -2.61. The lowest BCUT2D eigenvalue weighted by Crippen LogP contribution is -2.36. The number of ether oxygens (including phenoxy) is 2. The van der Waals surface area contributed by atoms with Crippen LogP contribution in [-0.4, -0.2) is 29.4 Å². The number of carbonyl (C=O) groups excluding carboxylic acids is 2. The summed E-state index contributed by atoms with van der Waals surface area (Å²) >= 11 is 3.34.